The van der Waals surface area contributed by atoms with Crippen molar-refractivity contribution in [2.45, 2.75) is 25.8 Å². The van der Waals surface area contributed by atoms with Crippen LogP contribution in [0, 0.1) is 6.92 Å². The van der Waals surface area contributed by atoms with Crippen molar-refractivity contribution in [3.05, 3.63) is 53.9 Å². The Bertz CT molecular complexity index is 580. The normalized spacial score (nSPS) is 19.2. The summed E-state index contributed by atoms with van der Waals surface area (Å²) in [6, 6.07) is 10.7. The lowest BCUT2D eigenvalue weighted by Crippen LogP contribution is -2.17. The molecule has 1 aliphatic rings. The predicted octanol–water partition coefficient (Wildman–Crippen LogP) is 3.95. The molecule has 1 atom stereocenters. The number of pyridine rings is 1. The Morgan fingerprint density at radius 2 is 1.95 bits per heavy atom. The average Bonchev–Trinajstić information content (AvgIpc) is 2.88. The number of hydrogen-bond acceptors (Lipinski definition) is 3. The fourth-order valence-corrected chi connectivity index (χ4v) is 2.75. The molecule has 104 valence electrons. The number of likely N-dealkylation sites (tertiary alicyclic amines) is 1. The van der Waals surface area contributed by atoms with Crippen LogP contribution >= 0.6 is 0 Å². The molecule has 20 heavy (non-hydrogen) atoms. The highest BCUT2D eigenvalue weighted by Crippen LogP contribution is 2.32. The second kappa shape index (κ2) is 5.63. The molecular formula is C17H20N2O. The maximum Gasteiger partial charge on any atom is 0.146 e. The van der Waals surface area contributed by atoms with Gasteiger partial charge in [-0.05, 0) is 57.1 Å². The third kappa shape index (κ3) is 2.83. The SMILES string of the molecule is Cc1ccc(Oc2cncc(C3CCCN3C)c2)cc1. The monoisotopic (exact) mass is 268 g/mol. The number of rotatable bonds is 3. The van der Waals surface area contributed by atoms with E-state index in [2.05, 4.69) is 42.1 Å². The molecule has 1 fully saturated rings. The van der Waals surface area contributed by atoms with E-state index in [4.69, 9.17) is 4.74 Å². The zero-order valence-electron chi connectivity index (χ0n) is 12.0. The van der Waals surface area contributed by atoms with E-state index in [0.717, 1.165) is 18.0 Å². The molecule has 0 bridgehead atoms. The molecule has 3 heteroatoms. The zero-order valence-corrected chi connectivity index (χ0v) is 12.0. The maximum absolute atomic E-state index is 5.89. The molecule has 2 heterocycles. The van der Waals surface area contributed by atoms with Crippen LogP contribution in [0.15, 0.2) is 42.7 Å². The summed E-state index contributed by atoms with van der Waals surface area (Å²) in [5.41, 5.74) is 2.48. The molecule has 3 nitrogen and oxygen atoms in total. The predicted molar refractivity (Wildman–Crippen MR) is 80.1 cm³/mol. The zero-order chi connectivity index (χ0) is 13.9. The number of nitrogens with zero attached hydrogens (tertiary/aromatic N) is 2. The molecule has 0 saturated carbocycles. The van der Waals surface area contributed by atoms with E-state index < -0.39 is 0 Å². The van der Waals surface area contributed by atoms with Crippen molar-refractivity contribution in [2.75, 3.05) is 13.6 Å². The summed E-state index contributed by atoms with van der Waals surface area (Å²) >= 11 is 0. The summed E-state index contributed by atoms with van der Waals surface area (Å²) in [6.45, 7) is 3.23. The molecule has 0 spiro atoms. The van der Waals surface area contributed by atoms with Gasteiger partial charge in [-0.2, -0.15) is 0 Å². The summed E-state index contributed by atoms with van der Waals surface area (Å²) in [4.78, 5) is 6.71. The summed E-state index contributed by atoms with van der Waals surface area (Å²) in [6.07, 6.45) is 6.18. The van der Waals surface area contributed by atoms with Gasteiger partial charge in [0.2, 0.25) is 0 Å². The Labute approximate surface area is 120 Å². The lowest BCUT2D eigenvalue weighted by Gasteiger charge is -2.19. The highest BCUT2D eigenvalue weighted by molar-refractivity contribution is 5.33. The summed E-state index contributed by atoms with van der Waals surface area (Å²) < 4.78 is 5.89. The van der Waals surface area contributed by atoms with Gasteiger partial charge in [0.1, 0.15) is 11.5 Å². The summed E-state index contributed by atoms with van der Waals surface area (Å²) in [5, 5.41) is 0. The first-order valence-corrected chi connectivity index (χ1v) is 7.12. The van der Waals surface area contributed by atoms with E-state index in [1.54, 1.807) is 6.20 Å². The van der Waals surface area contributed by atoms with E-state index in [0.29, 0.717) is 6.04 Å². The summed E-state index contributed by atoms with van der Waals surface area (Å²) in [5.74, 6) is 1.67. The molecule has 1 saturated heterocycles. The fraction of sp³-hybridized carbons (Fsp3) is 0.353. The molecule has 0 aliphatic carbocycles. The van der Waals surface area contributed by atoms with E-state index in [1.165, 1.54) is 24.0 Å². The largest absolute Gasteiger partial charge is 0.456 e. The highest BCUT2D eigenvalue weighted by Gasteiger charge is 2.23. The van der Waals surface area contributed by atoms with Crippen LogP contribution in [-0.4, -0.2) is 23.5 Å². The van der Waals surface area contributed by atoms with Gasteiger partial charge in [-0.25, -0.2) is 0 Å². The molecule has 0 radical (unpaired) electrons. The number of aromatic nitrogens is 1. The Balaban J connectivity index is 1.79. The highest BCUT2D eigenvalue weighted by atomic mass is 16.5. The van der Waals surface area contributed by atoms with Crippen LogP contribution in [0.3, 0.4) is 0 Å². The molecule has 1 aromatic heterocycles. The van der Waals surface area contributed by atoms with Gasteiger partial charge in [0, 0.05) is 12.2 Å². The second-order valence-electron chi connectivity index (χ2n) is 5.51. The topological polar surface area (TPSA) is 25.4 Å². The molecule has 1 unspecified atom stereocenters. The van der Waals surface area contributed by atoms with Gasteiger partial charge in [-0.3, -0.25) is 9.88 Å². The number of aryl methyl sites for hydroxylation is 1. The van der Waals surface area contributed by atoms with Crippen LogP contribution < -0.4 is 4.74 Å². The number of hydrogen-bond donors (Lipinski definition) is 0. The van der Waals surface area contributed by atoms with Crippen molar-refractivity contribution >= 4 is 0 Å². The van der Waals surface area contributed by atoms with E-state index in [-0.39, 0.29) is 0 Å². The van der Waals surface area contributed by atoms with Crippen LogP contribution in [0.1, 0.15) is 30.0 Å². The van der Waals surface area contributed by atoms with Gasteiger partial charge < -0.3 is 4.74 Å². The second-order valence-corrected chi connectivity index (χ2v) is 5.51. The van der Waals surface area contributed by atoms with Crippen molar-refractivity contribution in [1.29, 1.82) is 0 Å². The van der Waals surface area contributed by atoms with Crippen LogP contribution in [-0.2, 0) is 0 Å². The smallest absolute Gasteiger partial charge is 0.146 e. The molecule has 0 amide bonds. The number of ether oxygens (including phenoxy) is 1. The third-order valence-electron chi connectivity index (χ3n) is 3.90. The molecule has 1 aromatic carbocycles. The molecule has 3 rings (SSSR count). The molecule has 0 N–H and O–H groups in total. The first kappa shape index (κ1) is 13.1. The minimum atomic E-state index is 0.476. The van der Waals surface area contributed by atoms with Gasteiger partial charge in [0.15, 0.2) is 0 Å². The van der Waals surface area contributed by atoms with Crippen LogP contribution in [0.4, 0.5) is 0 Å². The van der Waals surface area contributed by atoms with E-state index >= 15 is 0 Å². The van der Waals surface area contributed by atoms with Crippen LogP contribution in [0.25, 0.3) is 0 Å². The van der Waals surface area contributed by atoms with Crippen molar-refractivity contribution < 1.29 is 4.74 Å². The van der Waals surface area contributed by atoms with Gasteiger partial charge in [0.05, 0.1) is 6.20 Å². The maximum atomic E-state index is 5.89. The van der Waals surface area contributed by atoms with Crippen molar-refractivity contribution in [3.8, 4) is 11.5 Å². The Kier molecular flexibility index (Phi) is 3.70. The standard InChI is InChI=1S/C17H20N2O/c1-13-5-7-15(8-6-13)20-16-10-14(11-18-12-16)17-4-3-9-19(17)2/h5-8,10-12,17H,3-4,9H2,1-2H3. The summed E-state index contributed by atoms with van der Waals surface area (Å²) in [7, 11) is 2.17. The van der Waals surface area contributed by atoms with Crippen molar-refractivity contribution in [2.24, 2.45) is 0 Å². The van der Waals surface area contributed by atoms with E-state index in [9.17, 15) is 0 Å². The minimum Gasteiger partial charge on any atom is -0.456 e. The Morgan fingerprint density at radius 3 is 2.65 bits per heavy atom. The van der Waals surface area contributed by atoms with Gasteiger partial charge in [-0.1, -0.05) is 17.7 Å². The molecular weight excluding hydrogens is 248 g/mol. The van der Waals surface area contributed by atoms with Crippen LogP contribution in [0.2, 0.25) is 0 Å². The first-order valence-electron chi connectivity index (χ1n) is 7.12. The number of benzene rings is 1. The third-order valence-corrected chi connectivity index (χ3v) is 3.90. The van der Waals surface area contributed by atoms with Gasteiger partial charge in [-0.15, -0.1) is 0 Å². The van der Waals surface area contributed by atoms with Crippen molar-refractivity contribution in [3.63, 3.8) is 0 Å². The average molecular weight is 268 g/mol. The lowest BCUT2D eigenvalue weighted by atomic mass is 10.1. The lowest BCUT2D eigenvalue weighted by molar-refractivity contribution is 0.316. The van der Waals surface area contributed by atoms with Crippen LogP contribution in [0.5, 0.6) is 11.5 Å². The fourth-order valence-electron chi connectivity index (χ4n) is 2.75. The minimum absolute atomic E-state index is 0.476. The van der Waals surface area contributed by atoms with Crippen molar-refractivity contribution in [1.82, 2.24) is 9.88 Å². The Morgan fingerprint density at radius 1 is 1.15 bits per heavy atom. The van der Waals surface area contributed by atoms with Gasteiger partial charge >= 0.3 is 0 Å². The molecule has 1 aliphatic heterocycles. The van der Waals surface area contributed by atoms with E-state index in [1.807, 2.05) is 18.3 Å². The quantitative estimate of drug-likeness (QED) is 0.842. The Hall–Kier alpha value is -1.87. The molecule has 2 aromatic rings. The van der Waals surface area contributed by atoms with Gasteiger partial charge in [0.25, 0.3) is 0 Å². The first-order chi connectivity index (χ1) is 9.72.